The smallest absolute Gasteiger partial charge is 0.0780 e. The molecule has 0 bridgehead atoms. The SMILES string of the molecule is Nc1ccc(-n2cc(-c3ccccc3)cn2)c(I)c1. The van der Waals surface area contributed by atoms with E-state index in [0.29, 0.717) is 0 Å². The molecule has 0 unspecified atom stereocenters. The van der Waals surface area contributed by atoms with Crippen molar-refractivity contribution in [3.63, 3.8) is 0 Å². The van der Waals surface area contributed by atoms with E-state index in [0.717, 1.165) is 20.5 Å². The Morgan fingerprint density at radius 3 is 2.53 bits per heavy atom. The predicted molar refractivity (Wildman–Crippen MR) is 86.1 cm³/mol. The second kappa shape index (κ2) is 5.05. The van der Waals surface area contributed by atoms with Gasteiger partial charge in [-0.1, -0.05) is 30.3 Å². The summed E-state index contributed by atoms with van der Waals surface area (Å²) in [6.07, 6.45) is 3.91. The number of rotatable bonds is 2. The van der Waals surface area contributed by atoms with Crippen LogP contribution in [0.2, 0.25) is 0 Å². The first kappa shape index (κ1) is 12.2. The summed E-state index contributed by atoms with van der Waals surface area (Å²) in [5.74, 6) is 0. The van der Waals surface area contributed by atoms with Gasteiger partial charge in [-0.25, -0.2) is 4.68 Å². The molecule has 3 nitrogen and oxygen atoms in total. The molecule has 0 radical (unpaired) electrons. The van der Waals surface area contributed by atoms with Crippen molar-refractivity contribution in [2.24, 2.45) is 0 Å². The number of nitrogens with zero attached hydrogens (tertiary/aromatic N) is 2. The number of aromatic nitrogens is 2. The van der Waals surface area contributed by atoms with Crippen LogP contribution in [0.25, 0.3) is 16.8 Å². The number of nitrogen functional groups attached to an aromatic ring is 1. The summed E-state index contributed by atoms with van der Waals surface area (Å²) >= 11 is 2.27. The minimum absolute atomic E-state index is 0.767. The van der Waals surface area contributed by atoms with Crippen molar-refractivity contribution in [3.05, 3.63) is 64.5 Å². The summed E-state index contributed by atoms with van der Waals surface area (Å²) in [6.45, 7) is 0. The van der Waals surface area contributed by atoms with Crippen molar-refractivity contribution in [1.82, 2.24) is 9.78 Å². The molecule has 0 fully saturated rings. The highest BCUT2D eigenvalue weighted by molar-refractivity contribution is 14.1. The Morgan fingerprint density at radius 2 is 1.79 bits per heavy atom. The van der Waals surface area contributed by atoms with Gasteiger partial charge >= 0.3 is 0 Å². The van der Waals surface area contributed by atoms with Gasteiger partial charge < -0.3 is 5.73 Å². The summed E-state index contributed by atoms with van der Waals surface area (Å²) < 4.78 is 2.96. The highest BCUT2D eigenvalue weighted by Crippen LogP contribution is 2.23. The van der Waals surface area contributed by atoms with Crippen LogP contribution in [0.3, 0.4) is 0 Å². The predicted octanol–water partition coefficient (Wildman–Crippen LogP) is 3.73. The minimum Gasteiger partial charge on any atom is -0.399 e. The van der Waals surface area contributed by atoms with Crippen molar-refractivity contribution in [1.29, 1.82) is 0 Å². The second-order valence-corrected chi connectivity index (χ2v) is 5.41. The van der Waals surface area contributed by atoms with Gasteiger partial charge in [0.05, 0.1) is 11.9 Å². The van der Waals surface area contributed by atoms with Crippen LogP contribution in [0.5, 0.6) is 0 Å². The molecule has 2 aromatic carbocycles. The molecule has 3 aromatic rings. The highest BCUT2D eigenvalue weighted by atomic mass is 127. The molecular formula is C15H12IN3. The normalized spacial score (nSPS) is 10.6. The zero-order chi connectivity index (χ0) is 13.2. The summed E-state index contributed by atoms with van der Waals surface area (Å²) in [6, 6.07) is 16.0. The maximum atomic E-state index is 5.77. The van der Waals surface area contributed by atoms with E-state index in [9.17, 15) is 0 Å². The van der Waals surface area contributed by atoms with Gasteiger partial charge in [-0.05, 0) is 46.4 Å². The third-order valence-corrected chi connectivity index (χ3v) is 3.77. The molecular weight excluding hydrogens is 349 g/mol. The molecule has 0 saturated carbocycles. The number of nitrogens with two attached hydrogens (primary N) is 1. The van der Waals surface area contributed by atoms with E-state index < -0.39 is 0 Å². The summed E-state index contributed by atoms with van der Waals surface area (Å²) in [5.41, 5.74) is 9.84. The van der Waals surface area contributed by atoms with E-state index in [1.54, 1.807) is 0 Å². The van der Waals surface area contributed by atoms with Crippen LogP contribution < -0.4 is 5.73 Å². The number of hydrogen-bond acceptors (Lipinski definition) is 2. The van der Waals surface area contributed by atoms with Crippen LogP contribution in [0.4, 0.5) is 5.69 Å². The summed E-state index contributed by atoms with van der Waals surface area (Å²) in [5, 5.41) is 4.42. The van der Waals surface area contributed by atoms with Gasteiger partial charge in [0.1, 0.15) is 0 Å². The zero-order valence-corrected chi connectivity index (χ0v) is 12.3. The molecule has 94 valence electrons. The summed E-state index contributed by atoms with van der Waals surface area (Å²) in [7, 11) is 0. The Bertz CT molecular complexity index is 704. The van der Waals surface area contributed by atoms with Gasteiger partial charge in [0, 0.05) is 21.0 Å². The number of halogens is 1. The molecule has 0 atom stereocenters. The minimum atomic E-state index is 0.767. The van der Waals surface area contributed by atoms with Gasteiger partial charge in [0.2, 0.25) is 0 Å². The van der Waals surface area contributed by atoms with Crippen molar-refractivity contribution in [3.8, 4) is 16.8 Å². The van der Waals surface area contributed by atoms with Crippen molar-refractivity contribution >= 4 is 28.3 Å². The molecule has 1 aromatic heterocycles. The number of benzene rings is 2. The number of anilines is 1. The average Bonchev–Trinajstić information content (AvgIpc) is 2.89. The van der Waals surface area contributed by atoms with Crippen LogP contribution in [-0.2, 0) is 0 Å². The van der Waals surface area contributed by atoms with Gasteiger partial charge in [-0.3, -0.25) is 0 Å². The quantitative estimate of drug-likeness (QED) is 0.559. The third-order valence-electron chi connectivity index (χ3n) is 2.91. The molecule has 0 aliphatic heterocycles. The van der Waals surface area contributed by atoms with Crippen LogP contribution in [-0.4, -0.2) is 9.78 Å². The van der Waals surface area contributed by atoms with Crippen LogP contribution in [0.15, 0.2) is 60.9 Å². The maximum Gasteiger partial charge on any atom is 0.0780 e. The van der Waals surface area contributed by atoms with Crippen molar-refractivity contribution < 1.29 is 0 Å². The third kappa shape index (κ3) is 2.49. The van der Waals surface area contributed by atoms with E-state index in [1.165, 1.54) is 5.56 Å². The van der Waals surface area contributed by atoms with Crippen molar-refractivity contribution in [2.45, 2.75) is 0 Å². The molecule has 0 aliphatic rings. The Hall–Kier alpha value is -1.82. The van der Waals surface area contributed by atoms with Crippen LogP contribution in [0, 0.1) is 3.57 Å². The lowest BCUT2D eigenvalue weighted by Gasteiger charge is -2.05. The standard InChI is InChI=1S/C15H12IN3/c16-14-8-13(17)6-7-15(14)19-10-12(9-18-19)11-4-2-1-3-5-11/h1-10H,17H2. The fraction of sp³-hybridized carbons (Fsp3) is 0. The largest absolute Gasteiger partial charge is 0.399 e. The first-order valence-corrected chi connectivity index (χ1v) is 6.97. The maximum absolute atomic E-state index is 5.77. The van der Waals surface area contributed by atoms with Crippen molar-refractivity contribution in [2.75, 3.05) is 5.73 Å². The van der Waals surface area contributed by atoms with Crippen LogP contribution >= 0.6 is 22.6 Å². The van der Waals surface area contributed by atoms with Gasteiger partial charge in [0.25, 0.3) is 0 Å². The molecule has 2 N–H and O–H groups in total. The average molecular weight is 361 g/mol. The van der Waals surface area contributed by atoms with Gasteiger partial charge in [-0.2, -0.15) is 5.10 Å². The lowest BCUT2D eigenvalue weighted by molar-refractivity contribution is 0.876. The topological polar surface area (TPSA) is 43.8 Å². The molecule has 4 heteroatoms. The van der Waals surface area contributed by atoms with Gasteiger partial charge in [-0.15, -0.1) is 0 Å². The molecule has 0 saturated heterocycles. The highest BCUT2D eigenvalue weighted by Gasteiger charge is 2.06. The zero-order valence-electron chi connectivity index (χ0n) is 10.1. The van der Waals surface area contributed by atoms with E-state index >= 15 is 0 Å². The lowest BCUT2D eigenvalue weighted by Crippen LogP contribution is -1.98. The molecule has 0 aliphatic carbocycles. The Balaban J connectivity index is 2.02. The number of hydrogen-bond donors (Lipinski definition) is 1. The summed E-state index contributed by atoms with van der Waals surface area (Å²) in [4.78, 5) is 0. The second-order valence-electron chi connectivity index (χ2n) is 4.25. The first-order valence-electron chi connectivity index (χ1n) is 5.89. The molecule has 1 heterocycles. The Labute approximate surface area is 125 Å². The molecule has 0 spiro atoms. The Morgan fingerprint density at radius 1 is 1.00 bits per heavy atom. The lowest BCUT2D eigenvalue weighted by atomic mass is 10.1. The molecule has 0 amide bonds. The Kier molecular flexibility index (Phi) is 3.25. The van der Waals surface area contributed by atoms with Gasteiger partial charge in [0.15, 0.2) is 0 Å². The monoisotopic (exact) mass is 361 g/mol. The van der Waals surface area contributed by atoms with E-state index in [1.807, 2.05) is 53.5 Å². The fourth-order valence-electron chi connectivity index (χ4n) is 1.94. The first-order chi connectivity index (χ1) is 9.24. The van der Waals surface area contributed by atoms with E-state index in [2.05, 4.69) is 39.8 Å². The van der Waals surface area contributed by atoms with Crippen LogP contribution in [0.1, 0.15) is 0 Å². The van der Waals surface area contributed by atoms with E-state index in [4.69, 9.17) is 5.73 Å². The molecule has 19 heavy (non-hydrogen) atoms. The molecule has 3 rings (SSSR count). The van der Waals surface area contributed by atoms with E-state index in [-0.39, 0.29) is 0 Å². The fourth-order valence-corrected chi connectivity index (χ4v) is 2.73.